The van der Waals surface area contributed by atoms with Crippen LogP contribution in [0.5, 0.6) is 0 Å². The summed E-state index contributed by atoms with van der Waals surface area (Å²) >= 11 is 6.35. The number of thioether (sulfide) groups is 1. The van der Waals surface area contributed by atoms with Crippen LogP contribution in [0.25, 0.3) is 0 Å². The minimum Gasteiger partial charge on any atom is -0.374 e. The highest BCUT2D eigenvalue weighted by molar-refractivity contribution is 8.22. The predicted octanol–water partition coefficient (Wildman–Crippen LogP) is 1.06. The van der Waals surface area contributed by atoms with Crippen molar-refractivity contribution in [1.82, 2.24) is 5.32 Å². The second-order valence-corrected chi connectivity index (χ2v) is 5.19. The van der Waals surface area contributed by atoms with E-state index in [0.717, 1.165) is 0 Å². The zero-order valence-electron chi connectivity index (χ0n) is 9.19. The van der Waals surface area contributed by atoms with E-state index >= 15 is 0 Å². The number of aliphatic hydroxyl groups is 1. The summed E-state index contributed by atoms with van der Waals surface area (Å²) in [4.78, 5) is 11.8. The van der Waals surface area contributed by atoms with Gasteiger partial charge in [-0.2, -0.15) is 0 Å². The number of benzene rings is 1. The molecule has 90 valence electrons. The molecule has 1 atom stereocenters. The van der Waals surface area contributed by atoms with E-state index < -0.39 is 11.5 Å². The van der Waals surface area contributed by atoms with Crippen LogP contribution in [0.2, 0.25) is 0 Å². The maximum atomic E-state index is 11.8. The highest BCUT2D eigenvalue weighted by Crippen LogP contribution is 2.35. The Labute approximate surface area is 109 Å². The molecule has 0 aliphatic carbocycles. The zero-order chi connectivity index (χ0) is 12.5. The van der Waals surface area contributed by atoms with Crippen molar-refractivity contribution in [3.05, 3.63) is 29.8 Å². The van der Waals surface area contributed by atoms with E-state index in [2.05, 4.69) is 10.6 Å². The Kier molecular flexibility index (Phi) is 3.37. The number of anilines is 1. The topological polar surface area (TPSA) is 61.4 Å². The first-order valence-electron chi connectivity index (χ1n) is 5.03. The van der Waals surface area contributed by atoms with E-state index in [1.807, 2.05) is 12.3 Å². The first-order chi connectivity index (χ1) is 8.08. The molecule has 1 amide bonds. The number of nitrogens with one attached hydrogen (secondary N) is 2. The Balaban J connectivity index is 2.24. The molecule has 0 bridgehead atoms. The predicted molar refractivity (Wildman–Crippen MR) is 73.1 cm³/mol. The average molecular weight is 268 g/mol. The molecule has 1 heterocycles. The first-order valence-corrected chi connectivity index (χ1v) is 6.66. The summed E-state index contributed by atoms with van der Waals surface area (Å²) in [6, 6.07) is 7.09. The van der Waals surface area contributed by atoms with Gasteiger partial charge in [-0.25, -0.2) is 0 Å². The van der Waals surface area contributed by atoms with E-state index in [1.54, 1.807) is 18.2 Å². The second kappa shape index (κ2) is 4.64. The Hall–Kier alpha value is -1.11. The van der Waals surface area contributed by atoms with Crippen molar-refractivity contribution in [3.8, 4) is 0 Å². The van der Waals surface area contributed by atoms with Crippen molar-refractivity contribution in [3.63, 3.8) is 0 Å². The summed E-state index contributed by atoms with van der Waals surface area (Å²) in [6.07, 6.45) is 1.84. The Bertz CT molecular complexity index is 478. The quantitative estimate of drug-likeness (QED) is 0.700. The fraction of sp³-hybridized carbons (Fsp3) is 0.273. The molecule has 0 saturated heterocycles. The molecular formula is C11H12N2O2S2. The van der Waals surface area contributed by atoms with Crippen molar-refractivity contribution < 1.29 is 9.90 Å². The Morgan fingerprint density at radius 1 is 1.59 bits per heavy atom. The number of hydrogen-bond donors (Lipinski definition) is 3. The third-order valence-electron chi connectivity index (χ3n) is 2.67. The second-order valence-electron chi connectivity index (χ2n) is 3.71. The molecule has 0 spiro atoms. The summed E-state index contributed by atoms with van der Waals surface area (Å²) in [6.45, 7) is 0.0789. The van der Waals surface area contributed by atoms with Crippen LogP contribution in [0.1, 0.15) is 5.56 Å². The van der Waals surface area contributed by atoms with Gasteiger partial charge in [0.05, 0.1) is 6.54 Å². The van der Waals surface area contributed by atoms with Crippen molar-refractivity contribution in [2.75, 3.05) is 18.1 Å². The SMILES string of the molecule is CSC(=S)NC[C@@]1(O)C(=O)Nc2ccccc21. The van der Waals surface area contributed by atoms with Crippen LogP contribution in [0.4, 0.5) is 5.69 Å². The summed E-state index contributed by atoms with van der Waals surface area (Å²) < 4.78 is 0.551. The zero-order valence-corrected chi connectivity index (χ0v) is 10.8. The molecular weight excluding hydrogens is 256 g/mol. The lowest BCUT2D eigenvalue weighted by atomic mass is 9.95. The summed E-state index contributed by atoms with van der Waals surface area (Å²) in [7, 11) is 0. The van der Waals surface area contributed by atoms with Crippen LogP contribution in [-0.4, -0.2) is 28.1 Å². The molecule has 1 aliphatic rings. The smallest absolute Gasteiger partial charge is 0.262 e. The minimum absolute atomic E-state index is 0.0789. The van der Waals surface area contributed by atoms with Gasteiger partial charge >= 0.3 is 0 Å². The third-order valence-corrected chi connectivity index (χ3v) is 3.83. The van der Waals surface area contributed by atoms with Crippen molar-refractivity contribution >= 4 is 39.9 Å². The molecule has 0 aromatic heterocycles. The van der Waals surface area contributed by atoms with Gasteiger partial charge in [0.2, 0.25) is 0 Å². The summed E-state index contributed by atoms with van der Waals surface area (Å²) in [5.74, 6) is -0.421. The molecule has 0 unspecified atom stereocenters. The maximum Gasteiger partial charge on any atom is 0.262 e. The fourth-order valence-electron chi connectivity index (χ4n) is 1.75. The van der Waals surface area contributed by atoms with Crippen molar-refractivity contribution in [2.24, 2.45) is 0 Å². The number of para-hydroxylation sites is 1. The number of rotatable bonds is 2. The van der Waals surface area contributed by atoms with Gasteiger partial charge < -0.3 is 15.7 Å². The number of carbonyl (C=O) groups excluding carboxylic acids is 1. The number of carbonyl (C=O) groups is 1. The molecule has 4 nitrogen and oxygen atoms in total. The van der Waals surface area contributed by atoms with Crippen LogP contribution in [0.3, 0.4) is 0 Å². The average Bonchev–Trinajstić information content (AvgIpc) is 2.60. The van der Waals surface area contributed by atoms with Crippen molar-refractivity contribution in [1.29, 1.82) is 0 Å². The van der Waals surface area contributed by atoms with Gasteiger partial charge in [-0.1, -0.05) is 30.4 Å². The highest BCUT2D eigenvalue weighted by atomic mass is 32.2. The van der Waals surface area contributed by atoms with Gasteiger partial charge in [-0.05, 0) is 12.3 Å². The molecule has 6 heteroatoms. The lowest BCUT2D eigenvalue weighted by Gasteiger charge is -2.21. The molecule has 1 aromatic rings. The van der Waals surface area contributed by atoms with Gasteiger partial charge in [0.15, 0.2) is 5.60 Å². The van der Waals surface area contributed by atoms with Crippen molar-refractivity contribution in [2.45, 2.75) is 5.60 Å². The van der Waals surface area contributed by atoms with Crippen LogP contribution in [0, 0.1) is 0 Å². The van der Waals surface area contributed by atoms with E-state index in [4.69, 9.17) is 12.2 Å². The molecule has 1 aliphatic heterocycles. The van der Waals surface area contributed by atoms with E-state index in [9.17, 15) is 9.90 Å². The first kappa shape index (κ1) is 12.3. The molecule has 3 N–H and O–H groups in total. The summed E-state index contributed by atoms with van der Waals surface area (Å²) in [5, 5.41) is 15.9. The molecule has 0 saturated carbocycles. The van der Waals surface area contributed by atoms with Gasteiger partial charge in [0.1, 0.15) is 4.32 Å². The maximum absolute atomic E-state index is 11.8. The standard InChI is InChI=1S/C11H12N2O2S2/c1-17-10(16)12-6-11(15)7-4-2-3-5-8(7)13-9(11)14/h2-5,15H,6H2,1H3,(H,12,16)(H,13,14)/t11-/m0/s1. The number of amides is 1. The lowest BCUT2D eigenvalue weighted by Crippen LogP contribution is -2.44. The summed E-state index contributed by atoms with van der Waals surface area (Å²) in [5.41, 5.74) is -0.311. The minimum atomic E-state index is -1.55. The van der Waals surface area contributed by atoms with Crippen LogP contribution >= 0.6 is 24.0 Å². The van der Waals surface area contributed by atoms with Gasteiger partial charge in [0, 0.05) is 11.3 Å². The van der Waals surface area contributed by atoms with E-state index in [0.29, 0.717) is 15.6 Å². The Morgan fingerprint density at radius 2 is 2.29 bits per heavy atom. The molecule has 0 fully saturated rings. The molecule has 2 rings (SSSR count). The molecule has 1 aromatic carbocycles. The number of hydrogen-bond acceptors (Lipinski definition) is 4. The molecule has 0 radical (unpaired) electrons. The monoisotopic (exact) mass is 268 g/mol. The third kappa shape index (κ3) is 2.15. The van der Waals surface area contributed by atoms with Crippen LogP contribution in [-0.2, 0) is 10.4 Å². The number of fused-ring (bicyclic) bond motifs is 1. The van der Waals surface area contributed by atoms with Gasteiger partial charge in [0.25, 0.3) is 5.91 Å². The lowest BCUT2D eigenvalue weighted by molar-refractivity contribution is -0.132. The molecule has 17 heavy (non-hydrogen) atoms. The normalized spacial score (nSPS) is 21.9. The fourth-order valence-corrected chi connectivity index (χ4v) is 2.04. The van der Waals surface area contributed by atoms with Crippen LogP contribution < -0.4 is 10.6 Å². The highest BCUT2D eigenvalue weighted by Gasteiger charge is 2.44. The largest absolute Gasteiger partial charge is 0.374 e. The van der Waals surface area contributed by atoms with Gasteiger partial charge in [-0.3, -0.25) is 4.79 Å². The van der Waals surface area contributed by atoms with Crippen LogP contribution in [0.15, 0.2) is 24.3 Å². The Morgan fingerprint density at radius 3 is 3.00 bits per heavy atom. The number of thiocarbonyl (C=S) groups is 1. The van der Waals surface area contributed by atoms with Gasteiger partial charge in [-0.15, -0.1) is 11.8 Å². The van der Waals surface area contributed by atoms with E-state index in [-0.39, 0.29) is 6.54 Å². The van der Waals surface area contributed by atoms with E-state index in [1.165, 1.54) is 11.8 Å².